The lowest BCUT2D eigenvalue weighted by Crippen LogP contribution is -2.41. The van der Waals surface area contributed by atoms with Crippen LogP contribution in [0, 0.1) is 5.13 Å². The van der Waals surface area contributed by atoms with Gasteiger partial charge < -0.3 is 4.90 Å². The normalized spacial score (nSPS) is 21.3. The van der Waals surface area contributed by atoms with Crippen molar-refractivity contribution in [3.63, 3.8) is 0 Å². The summed E-state index contributed by atoms with van der Waals surface area (Å²) in [5.74, 6) is 0.0413. The van der Waals surface area contributed by atoms with Crippen molar-refractivity contribution in [2.75, 3.05) is 29.9 Å². The summed E-state index contributed by atoms with van der Waals surface area (Å²) in [6, 6.07) is 5.46. The van der Waals surface area contributed by atoms with Crippen LogP contribution in [0.1, 0.15) is 18.9 Å². The standard InChI is InChI=1S/C17H16BrFN4O2S/c1-10(24)22-5-4-17(8-22)9-23(13-3-2-11(18)6-12(13)17)16(25)21-15-20-7-14(19)26-15/h2-3,6-7H,4-5,8-9H2,1H3,(H,20,21,25). The molecular weight excluding hydrogens is 423 g/mol. The molecule has 1 atom stereocenters. The van der Waals surface area contributed by atoms with Crippen molar-refractivity contribution in [3.8, 4) is 0 Å². The predicted molar refractivity (Wildman–Crippen MR) is 101 cm³/mol. The molecule has 1 fully saturated rings. The minimum absolute atomic E-state index is 0.0413. The second-order valence-electron chi connectivity index (χ2n) is 6.62. The van der Waals surface area contributed by atoms with Crippen LogP contribution in [-0.4, -0.2) is 41.5 Å². The lowest BCUT2D eigenvalue weighted by atomic mass is 9.81. The lowest BCUT2D eigenvalue weighted by Gasteiger charge is -2.25. The molecule has 1 aromatic heterocycles. The highest BCUT2D eigenvalue weighted by molar-refractivity contribution is 9.10. The smallest absolute Gasteiger partial charge is 0.328 e. The van der Waals surface area contributed by atoms with E-state index in [-0.39, 0.29) is 22.5 Å². The molecule has 1 aromatic carbocycles. The Morgan fingerprint density at radius 1 is 1.38 bits per heavy atom. The molecule has 0 bridgehead atoms. The fourth-order valence-electron chi connectivity index (χ4n) is 3.78. The van der Waals surface area contributed by atoms with Crippen molar-refractivity contribution >= 4 is 50.0 Å². The van der Waals surface area contributed by atoms with Gasteiger partial charge in [0.1, 0.15) is 0 Å². The zero-order valence-corrected chi connectivity index (χ0v) is 16.4. The third-order valence-corrected chi connectivity index (χ3v) is 6.21. The van der Waals surface area contributed by atoms with Crippen LogP contribution in [0.15, 0.2) is 28.9 Å². The van der Waals surface area contributed by atoms with Gasteiger partial charge in [-0.25, -0.2) is 9.78 Å². The number of amides is 3. The number of hydrogen-bond donors (Lipinski definition) is 1. The van der Waals surface area contributed by atoms with Gasteiger partial charge in [-0.05, 0) is 30.2 Å². The number of carbonyl (C=O) groups is 2. The molecule has 1 unspecified atom stereocenters. The Balaban J connectivity index is 1.66. The molecule has 2 aliphatic heterocycles. The molecule has 0 radical (unpaired) electrons. The first-order valence-electron chi connectivity index (χ1n) is 8.13. The highest BCUT2D eigenvalue weighted by atomic mass is 79.9. The van der Waals surface area contributed by atoms with E-state index in [9.17, 15) is 14.0 Å². The van der Waals surface area contributed by atoms with E-state index in [2.05, 4.69) is 26.2 Å². The van der Waals surface area contributed by atoms with Crippen molar-refractivity contribution in [1.29, 1.82) is 0 Å². The number of hydrogen-bond acceptors (Lipinski definition) is 4. The molecule has 2 aromatic rings. The van der Waals surface area contributed by atoms with Gasteiger partial charge in [0.25, 0.3) is 0 Å². The van der Waals surface area contributed by atoms with E-state index in [0.717, 1.165) is 39.7 Å². The Morgan fingerprint density at radius 3 is 2.85 bits per heavy atom. The van der Waals surface area contributed by atoms with Gasteiger partial charge in [0.2, 0.25) is 5.91 Å². The summed E-state index contributed by atoms with van der Waals surface area (Å²) < 4.78 is 14.1. The van der Waals surface area contributed by atoms with Gasteiger partial charge in [0.05, 0.1) is 6.20 Å². The summed E-state index contributed by atoms with van der Waals surface area (Å²) in [5.41, 5.74) is 1.58. The number of rotatable bonds is 1. The summed E-state index contributed by atoms with van der Waals surface area (Å²) in [6.07, 6.45) is 1.88. The molecule has 6 nitrogen and oxygen atoms in total. The second-order valence-corrected chi connectivity index (χ2v) is 8.51. The number of benzene rings is 1. The summed E-state index contributed by atoms with van der Waals surface area (Å²) in [7, 11) is 0. The minimum atomic E-state index is -0.449. The number of fused-ring (bicyclic) bond motifs is 2. The predicted octanol–water partition coefficient (Wildman–Crippen LogP) is 3.59. The van der Waals surface area contributed by atoms with E-state index in [1.54, 1.807) is 11.8 Å². The first kappa shape index (κ1) is 17.4. The van der Waals surface area contributed by atoms with Gasteiger partial charge in [0, 0.05) is 42.1 Å². The molecule has 0 saturated carbocycles. The molecule has 4 rings (SSSR count). The van der Waals surface area contributed by atoms with Crippen LogP contribution in [0.2, 0.25) is 0 Å². The average Bonchev–Trinajstić information content (AvgIpc) is 3.27. The number of aromatic nitrogens is 1. The van der Waals surface area contributed by atoms with E-state index in [1.165, 1.54) is 0 Å². The fraction of sp³-hybridized carbons (Fsp3) is 0.353. The first-order valence-corrected chi connectivity index (χ1v) is 9.74. The third-order valence-electron chi connectivity index (χ3n) is 5.02. The Kier molecular flexibility index (Phi) is 4.23. The SMILES string of the molecule is CC(=O)N1CCC2(C1)CN(C(=O)Nc1ncc(F)s1)c1ccc(Br)cc12. The van der Waals surface area contributed by atoms with E-state index in [1.807, 2.05) is 23.1 Å². The molecule has 26 heavy (non-hydrogen) atoms. The quantitative estimate of drug-likeness (QED) is 0.739. The van der Waals surface area contributed by atoms with Gasteiger partial charge in [-0.15, -0.1) is 0 Å². The number of halogens is 2. The molecule has 1 saturated heterocycles. The van der Waals surface area contributed by atoms with Crippen LogP contribution in [-0.2, 0) is 10.2 Å². The van der Waals surface area contributed by atoms with Crippen LogP contribution >= 0.6 is 27.3 Å². The Labute approximate surface area is 162 Å². The largest absolute Gasteiger partial charge is 0.342 e. The average molecular weight is 439 g/mol. The van der Waals surface area contributed by atoms with Crippen molar-refractivity contribution < 1.29 is 14.0 Å². The number of nitrogens with zero attached hydrogens (tertiary/aromatic N) is 3. The highest BCUT2D eigenvalue weighted by Crippen LogP contribution is 2.47. The number of likely N-dealkylation sites (tertiary alicyclic amines) is 1. The molecule has 9 heteroatoms. The van der Waals surface area contributed by atoms with Crippen LogP contribution in [0.3, 0.4) is 0 Å². The van der Waals surface area contributed by atoms with Gasteiger partial charge in [-0.3, -0.25) is 15.0 Å². The van der Waals surface area contributed by atoms with E-state index < -0.39 is 5.13 Å². The van der Waals surface area contributed by atoms with Gasteiger partial charge in [0.15, 0.2) is 10.3 Å². The van der Waals surface area contributed by atoms with E-state index in [4.69, 9.17) is 0 Å². The highest BCUT2D eigenvalue weighted by Gasteiger charge is 2.49. The number of thiazole rings is 1. The second kappa shape index (κ2) is 6.31. The third kappa shape index (κ3) is 2.88. The van der Waals surface area contributed by atoms with Gasteiger partial charge in [-0.2, -0.15) is 4.39 Å². The van der Waals surface area contributed by atoms with Gasteiger partial charge >= 0.3 is 6.03 Å². The molecule has 0 aliphatic carbocycles. The number of carbonyl (C=O) groups excluding carboxylic acids is 2. The van der Waals surface area contributed by atoms with Crippen molar-refractivity contribution in [1.82, 2.24) is 9.88 Å². The summed E-state index contributed by atoms with van der Waals surface area (Å²) in [4.78, 5) is 31.9. The summed E-state index contributed by atoms with van der Waals surface area (Å²) in [6.45, 7) is 3.30. The van der Waals surface area contributed by atoms with Crippen LogP contribution in [0.4, 0.5) is 20.0 Å². The molecule has 136 valence electrons. The zero-order chi connectivity index (χ0) is 18.5. The molecule has 3 heterocycles. The van der Waals surface area contributed by atoms with Crippen molar-refractivity contribution in [2.24, 2.45) is 0 Å². The Morgan fingerprint density at radius 2 is 2.19 bits per heavy atom. The topological polar surface area (TPSA) is 65.5 Å². The number of nitrogens with one attached hydrogen (secondary N) is 1. The summed E-state index contributed by atoms with van der Waals surface area (Å²) >= 11 is 4.29. The molecular formula is C17H16BrFN4O2S. The fourth-order valence-corrected chi connectivity index (χ4v) is 4.68. The van der Waals surface area contributed by atoms with E-state index >= 15 is 0 Å². The monoisotopic (exact) mass is 438 g/mol. The number of urea groups is 1. The molecule has 1 N–H and O–H groups in total. The minimum Gasteiger partial charge on any atom is -0.342 e. The van der Waals surface area contributed by atoms with Crippen LogP contribution in [0.5, 0.6) is 0 Å². The van der Waals surface area contributed by atoms with Crippen LogP contribution in [0.25, 0.3) is 0 Å². The summed E-state index contributed by atoms with van der Waals surface area (Å²) in [5, 5.41) is 2.44. The molecule has 3 amide bonds. The number of anilines is 2. The maximum atomic E-state index is 13.1. The lowest BCUT2D eigenvalue weighted by molar-refractivity contribution is -0.127. The first-order chi connectivity index (χ1) is 12.4. The maximum Gasteiger partial charge on any atom is 0.328 e. The Hall–Kier alpha value is -2.00. The van der Waals surface area contributed by atoms with Crippen molar-refractivity contribution in [3.05, 3.63) is 39.6 Å². The molecule has 2 aliphatic rings. The van der Waals surface area contributed by atoms with Gasteiger partial charge in [-0.1, -0.05) is 27.3 Å². The Bertz CT molecular complexity index is 905. The van der Waals surface area contributed by atoms with Crippen LogP contribution < -0.4 is 10.2 Å². The maximum absolute atomic E-state index is 13.1. The van der Waals surface area contributed by atoms with Crippen molar-refractivity contribution in [2.45, 2.75) is 18.8 Å². The van der Waals surface area contributed by atoms with E-state index in [0.29, 0.717) is 19.6 Å². The zero-order valence-electron chi connectivity index (χ0n) is 14.0. The molecule has 1 spiro atoms.